The van der Waals surface area contributed by atoms with Crippen molar-refractivity contribution in [1.82, 2.24) is 29.9 Å². The first kappa shape index (κ1) is 17.3. The molecular formula is C17H20N6OS. The van der Waals surface area contributed by atoms with Gasteiger partial charge in [-0.25, -0.2) is 9.50 Å². The molecule has 0 spiro atoms. The van der Waals surface area contributed by atoms with Crippen LogP contribution in [0.15, 0.2) is 23.4 Å². The van der Waals surface area contributed by atoms with Gasteiger partial charge in [0.05, 0.1) is 18.7 Å². The topological polar surface area (TPSA) is 85.1 Å². The molecule has 3 rings (SSSR count). The van der Waals surface area contributed by atoms with Crippen molar-refractivity contribution in [3.8, 4) is 0 Å². The standard InChI is InChI=1S/C17H20N6OS/c1-10-6-5-7-13(19-10)9-18-15(24)8-14-11(2)20-16-21-17(25-4)22-23(16)12(14)3/h5-7H,8-9H2,1-4H3,(H,18,24). The minimum Gasteiger partial charge on any atom is -0.350 e. The average molecular weight is 356 g/mol. The summed E-state index contributed by atoms with van der Waals surface area (Å²) in [6.07, 6.45) is 2.17. The Bertz CT molecular complexity index is 936. The van der Waals surface area contributed by atoms with Crippen molar-refractivity contribution < 1.29 is 4.79 Å². The molecule has 25 heavy (non-hydrogen) atoms. The number of aromatic nitrogens is 5. The summed E-state index contributed by atoms with van der Waals surface area (Å²) in [6.45, 7) is 6.17. The summed E-state index contributed by atoms with van der Waals surface area (Å²) >= 11 is 1.47. The molecule has 0 aliphatic heterocycles. The van der Waals surface area contributed by atoms with Crippen LogP contribution >= 0.6 is 11.8 Å². The van der Waals surface area contributed by atoms with E-state index in [0.29, 0.717) is 17.5 Å². The van der Waals surface area contributed by atoms with Crippen LogP contribution in [0.2, 0.25) is 0 Å². The number of carbonyl (C=O) groups excluding carboxylic acids is 1. The van der Waals surface area contributed by atoms with Crippen LogP contribution in [0.25, 0.3) is 5.78 Å². The number of amides is 1. The number of fused-ring (bicyclic) bond motifs is 1. The molecule has 0 aromatic carbocycles. The molecule has 0 saturated heterocycles. The Morgan fingerprint density at radius 2 is 2.00 bits per heavy atom. The molecular weight excluding hydrogens is 336 g/mol. The highest BCUT2D eigenvalue weighted by molar-refractivity contribution is 7.98. The molecule has 0 fully saturated rings. The minimum absolute atomic E-state index is 0.0686. The normalized spacial score (nSPS) is 11.0. The van der Waals surface area contributed by atoms with Crippen LogP contribution in [-0.4, -0.2) is 36.7 Å². The molecule has 7 nitrogen and oxygen atoms in total. The van der Waals surface area contributed by atoms with Crippen molar-refractivity contribution >= 4 is 23.4 Å². The van der Waals surface area contributed by atoms with Gasteiger partial charge in [0.2, 0.25) is 11.1 Å². The van der Waals surface area contributed by atoms with E-state index in [-0.39, 0.29) is 12.3 Å². The van der Waals surface area contributed by atoms with E-state index in [0.717, 1.165) is 28.3 Å². The monoisotopic (exact) mass is 356 g/mol. The summed E-state index contributed by atoms with van der Waals surface area (Å²) in [7, 11) is 0. The van der Waals surface area contributed by atoms with Gasteiger partial charge in [0.15, 0.2) is 0 Å². The summed E-state index contributed by atoms with van der Waals surface area (Å²) in [4.78, 5) is 25.6. The molecule has 0 radical (unpaired) electrons. The van der Waals surface area contributed by atoms with Gasteiger partial charge in [-0.15, -0.1) is 5.10 Å². The van der Waals surface area contributed by atoms with Crippen LogP contribution in [0.4, 0.5) is 0 Å². The molecule has 0 unspecified atom stereocenters. The Morgan fingerprint density at radius 3 is 2.72 bits per heavy atom. The van der Waals surface area contributed by atoms with Gasteiger partial charge < -0.3 is 5.32 Å². The van der Waals surface area contributed by atoms with E-state index in [4.69, 9.17) is 0 Å². The van der Waals surface area contributed by atoms with Gasteiger partial charge in [-0.1, -0.05) is 17.8 Å². The Morgan fingerprint density at radius 1 is 1.20 bits per heavy atom. The quantitative estimate of drug-likeness (QED) is 0.704. The molecule has 0 saturated carbocycles. The van der Waals surface area contributed by atoms with Crippen LogP contribution in [0.5, 0.6) is 0 Å². The molecule has 8 heteroatoms. The number of nitrogens with zero attached hydrogens (tertiary/aromatic N) is 5. The van der Waals surface area contributed by atoms with Crippen LogP contribution in [0.1, 0.15) is 28.3 Å². The maximum Gasteiger partial charge on any atom is 0.253 e. The largest absolute Gasteiger partial charge is 0.350 e. The zero-order valence-electron chi connectivity index (χ0n) is 14.7. The summed E-state index contributed by atoms with van der Waals surface area (Å²) in [5, 5.41) is 7.99. The van der Waals surface area contributed by atoms with Crippen LogP contribution < -0.4 is 5.32 Å². The molecule has 3 aromatic rings. The van der Waals surface area contributed by atoms with Gasteiger partial charge in [-0.2, -0.15) is 4.98 Å². The number of rotatable bonds is 5. The van der Waals surface area contributed by atoms with Crippen molar-refractivity contribution in [2.75, 3.05) is 6.26 Å². The maximum absolute atomic E-state index is 12.4. The second-order valence-electron chi connectivity index (χ2n) is 5.80. The van der Waals surface area contributed by atoms with Crippen LogP contribution in [0.3, 0.4) is 0 Å². The fraction of sp³-hybridized carbons (Fsp3) is 0.353. The second-order valence-corrected chi connectivity index (χ2v) is 6.57. The van der Waals surface area contributed by atoms with E-state index >= 15 is 0 Å². The van der Waals surface area contributed by atoms with E-state index in [9.17, 15) is 4.79 Å². The maximum atomic E-state index is 12.4. The Balaban J connectivity index is 1.76. The fourth-order valence-corrected chi connectivity index (χ4v) is 2.98. The highest BCUT2D eigenvalue weighted by Gasteiger charge is 2.15. The number of hydrogen-bond donors (Lipinski definition) is 1. The summed E-state index contributed by atoms with van der Waals surface area (Å²) in [6, 6.07) is 5.76. The molecule has 3 heterocycles. The molecule has 1 amide bonds. The van der Waals surface area contributed by atoms with E-state index in [2.05, 4.69) is 25.4 Å². The van der Waals surface area contributed by atoms with E-state index < -0.39 is 0 Å². The first-order valence-corrected chi connectivity index (χ1v) is 9.16. The van der Waals surface area contributed by atoms with Gasteiger partial charge in [-0.3, -0.25) is 9.78 Å². The molecule has 3 aromatic heterocycles. The van der Waals surface area contributed by atoms with Crippen LogP contribution in [-0.2, 0) is 17.8 Å². The zero-order valence-corrected chi connectivity index (χ0v) is 15.5. The summed E-state index contributed by atoms with van der Waals surface area (Å²) in [5.74, 6) is 0.494. The van der Waals surface area contributed by atoms with Gasteiger partial charge in [0, 0.05) is 22.6 Å². The van der Waals surface area contributed by atoms with Crippen molar-refractivity contribution in [2.24, 2.45) is 0 Å². The lowest BCUT2D eigenvalue weighted by molar-refractivity contribution is -0.120. The number of hydrogen-bond acceptors (Lipinski definition) is 6. The SMILES string of the molecule is CSc1nc2nc(C)c(CC(=O)NCc3cccc(C)n3)c(C)n2n1. The van der Waals surface area contributed by atoms with Crippen LogP contribution in [0, 0.1) is 20.8 Å². The Kier molecular flexibility index (Phi) is 4.98. The lowest BCUT2D eigenvalue weighted by Gasteiger charge is -2.10. The molecule has 0 atom stereocenters. The zero-order chi connectivity index (χ0) is 18.0. The van der Waals surface area contributed by atoms with E-state index in [1.165, 1.54) is 11.8 Å². The third kappa shape index (κ3) is 3.79. The highest BCUT2D eigenvalue weighted by atomic mass is 32.2. The smallest absolute Gasteiger partial charge is 0.253 e. The average Bonchev–Trinajstić information content (AvgIpc) is 3.00. The second kappa shape index (κ2) is 7.18. The number of aryl methyl sites for hydroxylation is 3. The predicted octanol–water partition coefficient (Wildman–Crippen LogP) is 2.03. The lowest BCUT2D eigenvalue weighted by atomic mass is 10.1. The minimum atomic E-state index is -0.0686. The molecule has 1 N–H and O–H groups in total. The number of thioether (sulfide) groups is 1. The van der Waals surface area contributed by atoms with E-state index in [1.807, 2.05) is 45.2 Å². The summed E-state index contributed by atoms with van der Waals surface area (Å²) < 4.78 is 1.70. The van der Waals surface area contributed by atoms with Crippen molar-refractivity contribution in [1.29, 1.82) is 0 Å². The van der Waals surface area contributed by atoms with Gasteiger partial charge in [0.25, 0.3) is 5.78 Å². The van der Waals surface area contributed by atoms with Crippen molar-refractivity contribution in [2.45, 2.75) is 38.9 Å². The van der Waals surface area contributed by atoms with Crippen molar-refractivity contribution in [3.63, 3.8) is 0 Å². The molecule has 130 valence electrons. The number of nitrogens with one attached hydrogen (secondary N) is 1. The van der Waals surface area contributed by atoms with Gasteiger partial charge in [0.1, 0.15) is 0 Å². The first-order valence-electron chi connectivity index (χ1n) is 7.94. The van der Waals surface area contributed by atoms with Gasteiger partial charge in [-0.05, 0) is 39.2 Å². The predicted molar refractivity (Wildman–Crippen MR) is 96.6 cm³/mol. The third-order valence-electron chi connectivity index (χ3n) is 3.96. The first-order chi connectivity index (χ1) is 12.0. The van der Waals surface area contributed by atoms with Gasteiger partial charge >= 0.3 is 0 Å². The lowest BCUT2D eigenvalue weighted by Crippen LogP contribution is -2.26. The molecule has 0 bridgehead atoms. The van der Waals surface area contributed by atoms with Crippen molar-refractivity contribution in [3.05, 3.63) is 46.5 Å². The number of carbonyl (C=O) groups is 1. The highest BCUT2D eigenvalue weighted by Crippen LogP contribution is 2.17. The number of pyridine rings is 1. The molecule has 0 aliphatic rings. The fourth-order valence-electron chi connectivity index (χ4n) is 2.64. The Hall–Kier alpha value is -2.48. The Labute approximate surface area is 150 Å². The molecule has 0 aliphatic carbocycles. The summed E-state index contributed by atoms with van der Waals surface area (Å²) in [5.41, 5.74) is 4.34. The third-order valence-corrected chi connectivity index (χ3v) is 4.50. The van der Waals surface area contributed by atoms with E-state index in [1.54, 1.807) is 4.52 Å².